The van der Waals surface area contributed by atoms with Gasteiger partial charge in [-0.3, -0.25) is 0 Å². The number of hydrogen-bond acceptors (Lipinski definition) is 1. The molecule has 0 unspecified atom stereocenters. The Morgan fingerprint density at radius 1 is 1.13 bits per heavy atom. The predicted molar refractivity (Wildman–Crippen MR) is 64.1 cm³/mol. The molecule has 1 aliphatic rings. The van der Waals surface area contributed by atoms with Gasteiger partial charge in [-0.05, 0) is 29.7 Å². The molecule has 0 fully saturated rings. The van der Waals surface area contributed by atoms with Crippen LogP contribution in [0.3, 0.4) is 0 Å². The largest absolute Gasteiger partial charge is 0.497 e. The molecule has 15 heavy (non-hydrogen) atoms. The summed E-state index contributed by atoms with van der Waals surface area (Å²) in [6, 6.07) is 8.09. The molecule has 1 aliphatic carbocycles. The summed E-state index contributed by atoms with van der Waals surface area (Å²) in [5.41, 5.74) is 2.52. The maximum Gasteiger partial charge on any atom is 0.118 e. The average Bonchev–Trinajstić information content (AvgIpc) is 2.29. The minimum Gasteiger partial charge on any atom is -0.497 e. The van der Waals surface area contributed by atoms with E-state index in [9.17, 15) is 0 Å². The molecule has 0 N–H and O–H groups in total. The van der Waals surface area contributed by atoms with Crippen LogP contribution in [0.2, 0.25) is 0 Å². The molecule has 0 aliphatic heterocycles. The zero-order chi connectivity index (χ0) is 10.7. The Morgan fingerprint density at radius 3 is 2.47 bits per heavy atom. The fourth-order valence-electron chi connectivity index (χ4n) is 1.68. The van der Waals surface area contributed by atoms with E-state index in [1.165, 1.54) is 11.1 Å². The lowest BCUT2D eigenvalue weighted by Crippen LogP contribution is -1.90. The zero-order valence-corrected chi connectivity index (χ0v) is 9.42. The Labute approximate surface area is 95.0 Å². The third kappa shape index (κ3) is 2.42. The van der Waals surface area contributed by atoms with E-state index in [0.29, 0.717) is 0 Å². The Morgan fingerprint density at radius 2 is 1.87 bits per heavy atom. The molecule has 0 bridgehead atoms. The Balaban J connectivity index is 2.19. The van der Waals surface area contributed by atoms with Gasteiger partial charge in [-0.1, -0.05) is 35.9 Å². The molecular formula is C13H13ClO. The molecule has 0 amide bonds. The fraction of sp³-hybridized carbons (Fsp3) is 0.231. The highest BCUT2D eigenvalue weighted by molar-refractivity contribution is 6.30. The summed E-state index contributed by atoms with van der Waals surface area (Å²) in [6.45, 7) is 0. The van der Waals surface area contributed by atoms with E-state index < -0.39 is 0 Å². The van der Waals surface area contributed by atoms with Crippen LogP contribution in [0.4, 0.5) is 0 Å². The summed E-state index contributed by atoms with van der Waals surface area (Å²) in [6.07, 6.45) is 6.04. The summed E-state index contributed by atoms with van der Waals surface area (Å²) in [5.74, 6) is 0.886. The van der Waals surface area contributed by atoms with Crippen molar-refractivity contribution in [2.75, 3.05) is 7.11 Å². The molecule has 0 spiro atoms. The molecule has 1 nitrogen and oxygen atoms in total. The van der Waals surface area contributed by atoms with Crippen molar-refractivity contribution in [3.63, 3.8) is 0 Å². The number of hydrogen-bond donors (Lipinski definition) is 0. The van der Waals surface area contributed by atoms with Gasteiger partial charge in [-0.15, -0.1) is 0 Å². The molecule has 0 saturated carbocycles. The first-order chi connectivity index (χ1) is 7.29. The van der Waals surface area contributed by atoms with Gasteiger partial charge in [0.2, 0.25) is 0 Å². The van der Waals surface area contributed by atoms with Crippen LogP contribution in [0.25, 0.3) is 5.57 Å². The van der Waals surface area contributed by atoms with Crippen molar-refractivity contribution in [2.24, 2.45) is 0 Å². The molecule has 0 saturated heterocycles. The third-order valence-corrected chi connectivity index (χ3v) is 2.81. The normalized spacial score (nSPS) is 15.6. The van der Waals surface area contributed by atoms with Gasteiger partial charge in [0, 0.05) is 11.5 Å². The predicted octanol–water partition coefficient (Wildman–Crippen LogP) is 4.00. The maximum absolute atomic E-state index is 6.02. The highest BCUT2D eigenvalue weighted by Crippen LogP contribution is 2.29. The standard InChI is InChI=1S/C13H13ClO/c1-15-13-7-5-10(6-8-13)11-3-2-4-12(14)9-11/h3-8H,2,9H2,1H3. The Kier molecular flexibility index (Phi) is 3.12. The zero-order valence-electron chi connectivity index (χ0n) is 8.66. The van der Waals surface area contributed by atoms with Crippen molar-refractivity contribution >= 4 is 17.2 Å². The lowest BCUT2D eigenvalue weighted by atomic mass is 9.98. The van der Waals surface area contributed by atoms with E-state index in [0.717, 1.165) is 23.6 Å². The summed E-state index contributed by atoms with van der Waals surface area (Å²) >= 11 is 6.02. The summed E-state index contributed by atoms with van der Waals surface area (Å²) in [4.78, 5) is 0. The molecule has 0 heterocycles. The number of halogens is 1. The van der Waals surface area contributed by atoms with Crippen molar-refractivity contribution < 1.29 is 4.74 Å². The average molecular weight is 221 g/mol. The van der Waals surface area contributed by atoms with Gasteiger partial charge in [0.15, 0.2) is 0 Å². The van der Waals surface area contributed by atoms with E-state index in [4.69, 9.17) is 16.3 Å². The van der Waals surface area contributed by atoms with Crippen molar-refractivity contribution in [2.45, 2.75) is 12.8 Å². The van der Waals surface area contributed by atoms with Crippen molar-refractivity contribution in [3.8, 4) is 5.75 Å². The first kappa shape index (κ1) is 10.3. The first-order valence-electron chi connectivity index (χ1n) is 4.97. The summed E-state index contributed by atoms with van der Waals surface area (Å²) in [5, 5.41) is 0.934. The quantitative estimate of drug-likeness (QED) is 0.732. The van der Waals surface area contributed by atoms with E-state index in [2.05, 4.69) is 24.3 Å². The topological polar surface area (TPSA) is 9.23 Å². The Hall–Kier alpha value is -1.21. The SMILES string of the molecule is COc1ccc(C2=CCC=C(Cl)C2)cc1. The van der Waals surface area contributed by atoms with Crippen LogP contribution in [0.5, 0.6) is 5.75 Å². The third-order valence-electron chi connectivity index (χ3n) is 2.52. The van der Waals surface area contributed by atoms with Crippen LogP contribution in [-0.2, 0) is 0 Å². The van der Waals surface area contributed by atoms with Crippen LogP contribution in [0, 0.1) is 0 Å². The second-order valence-electron chi connectivity index (χ2n) is 3.52. The van der Waals surface area contributed by atoms with Crippen molar-refractivity contribution in [1.82, 2.24) is 0 Å². The van der Waals surface area contributed by atoms with Crippen molar-refractivity contribution in [1.29, 1.82) is 0 Å². The molecule has 1 aromatic rings. The van der Waals surface area contributed by atoms with Crippen LogP contribution in [0.1, 0.15) is 18.4 Å². The second kappa shape index (κ2) is 4.54. The van der Waals surface area contributed by atoms with Gasteiger partial charge >= 0.3 is 0 Å². The highest BCUT2D eigenvalue weighted by Gasteiger charge is 2.07. The van der Waals surface area contributed by atoms with Crippen molar-refractivity contribution in [3.05, 3.63) is 47.0 Å². The minimum atomic E-state index is 0.841. The van der Waals surface area contributed by atoms with E-state index in [1.807, 2.05) is 12.1 Å². The number of rotatable bonds is 2. The summed E-state index contributed by atoms with van der Waals surface area (Å²) in [7, 11) is 1.68. The molecule has 2 rings (SSSR count). The van der Waals surface area contributed by atoms with Gasteiger partial charge in [-0.2, -0.15) is 0 Å². The number of benzene rings is 1. The molecule has 1 aromatic carbocycles. The lowest BCUT2D eigenvalue weighted by Gasteiger charge is -2.11. The molecule has 2 heteroatoms. The van der Waals surface area contributed by atoms with Crippen LogP contribution >= 0.6 is 11.6 Å². The highest BCUT2D eigenvalue weighted by atomic mass is 35.5. The Bertz CT molecular complexity index is 401. The van der Waals surface area contributed by atoms with Gasteiger partial charge in [0.05, 0.1) is 7.11 Å². The minimum absolute atomic E-state index is 0.841. The molecule has 0 atom stereocenters. The molecule has 0 aromatic heterocycles. The van der Waals surface area contributed by atoms with Crippen LogP contribution < -0.4 is 4.74 Å². The first-order valence-corrected chi connectivity index (χ1v) is 5.35. The van der Waals surface area contributed by atoms with Gasteiger partial charge in [0.25, 0.3) is 0 Å². The number of ether oxygens (including phenoxy) is 1. The van der Waals surface area contributed by atoms with Crippen LogP contribution in [0.15, 0.2) is 41.4 Å². The van der Waals surface area contributed by atoms with Gasteiger partial charge in [0.1, 0.15) is 5.75 Å². The number of allylic oxidation sites excluding steroid dienone is 4. The van der Waals surface area contributed by atoms with Gasteiger partial charge < -0.3 is 4.74 Å². The van der Waals surface area contributed by atoms with E-state index in [1.54, 1.807) is 7.11 Å². The smallest absolute Gasteiger partial charge is 0.118 e. The maximum atomic E-state index is 6.02. The summed E-state index contributed by atoms with van der Waals surface area (Å²) < 4.78 is 5.12. The van der Waals surface area contributed by atoms with Gasteiger partial charge in [-0.25, -0.2) is 0 Å². The van der Waals surface area contributed by atoms with Crippen LogP contribution in [-0.4, -0.2) is 7.11 Å². The second-order valence-corrected chi connectivity index (χ2v) is 4.01. The van der Waals surface area contributed by atoms with E-state index in [-0.39, 0.29) is 0 Å². The molecule has 0 radical (unpaired) electrons. The number of methoxy groups -OCH3 is 1. The van der Waals surface area contributed by atoms with E-state index >= 15 is 0 Å². The molecule has 78 valence electrons. The lowest BCUT2D eigenvalue weighted by molar-refractivity contribution is 0.415. The fourth-order valence-corrected chi connectivity index (χ4v) is 1.91. The molecular weight excluding hydrogens is 208 g/mol. The monoisotopic (exact) mass is 220 g/mol.